The SMILES string of the molecule is O=C1Nc2ccccc2/C1=N/NC(=S)Nc1cccc([N+](=O)[O-])c1. The summed E-state index contributed by atoms with van der Waals surface area (Å²) in [5.74, 6) is -0.332. The number of benzene rings is 2. The first-order valence-corrected chi connectivity index (χ1v) is 7.25. The molecule has 3 N–H and O–H groups in total. The Kier molecular flexibility index (Phi) is 4.17. The van der Waals surface area contributed by atoms with Crippen molar-refractivity contribution >= 4 is 46.0 Å². The number of para-hydroxylation sites is 1. The highest BCUT2D eigenvalue weighted by molar-refractivity contribution is 7.80. The van der Waals surface area contributed by atoms with Crippen LogP contribution in [-0.4, -0.2) is 21.7 Å². The first-order chi connectivity index (χ1) is 11.5. The molecule has 0 saturated carbocycles. The average molecular weight is 341 g/mol. The maximum atomic E-state index is 11.9. The molecule has 0 bridgehead atoms. The Morgan fingerprint density at radius 2 is 2.00 bits per heavy atom. The summed E-state index contributed by atoms with van der Waals surface area (Å²) in [6.07, 6.45) is 0. The van der Waals surface area contributed by atoms with Gasteiger partial charge in [-0.25, -0.2) is 0 Å². The number of nitro groups is 1. The summed E-state index contributed by atoms with van der Waals surface area (Å²) in [4.78, 5) is 22.2. The molecule has 1 heterocycles. The van der Waals surface area contributed by atoms with Gasteiger partial charge in [-0.3, -0.25) is 20.3 Å². The number of nitrogens with one attached hydrogen (secondary N) is 3. The molecular formula is C15H11N5O3S. The van der Waals surface area contributed by atoms with Crippen LogP contribution >= 0.6 is 12.2 Å². The fourth-order valence-electron chi connectivity index (χ4n) is 2.18. The predicted octanol–water partition coefficient (Wildman–Crippen LogP) is 2.24. The molecule has 0 aliphatic carbocycles. The number of hydrazone groups is 1. The van der Waals surface area contributed by atoms with Gasteiger partial charge in [0.15, 0.2) is 10.8 Å². The highest BCUT2D eigenvalue weighted by atomic mass is 32.1. The summed E-state index contributed by atoms with van der Waals surface area (Å²) in [6.45, 7) is 0. The number of carbonyl (C=O) groups is 1. The van der Waals surface area contributed by atoms with Crippen molar-refractivity contribution in [3.8, 4) is 0 Å². The summed E-state index contributed by atoms with van der Waals surface area (Å²) >= 11 is 5.09. The number of hydrogen-bond acceptors (Lipinski definition) is 5. The van der Waals surface area contributed by atoms with Crippen LogP contribution in [0.2, 0.25) is 0 Å². The van der Waals surface area contributed by atoms with Gasteiger partial charge in [-0.2, -0.15) is 5.10 Å². The fraction of sp³-hybridized carbons (Fsp3) is 0. The number of anilines is 2. The lowest BCUT2D eigenvalue weighted by Gasteiger charge is -2.07. The van der Waals surface area contributed by atoms with E-state index in [0.29, 0.717) is 16.9 Å². The third-order valence-corrected chi connectivity index (χ3v) is 3.42. The lowest BCUT2D eigenvalue weighted by atomic mass is 10.1. The van der Waals surface area contributed by atoms with E-state index in [4.69, 9.17) is 12.2 Å². The monoisotopic (exact) mass is 341 g/mol. The number of fused-ring (bicyclic) bond motifs is 1. The van der Waals surface area contributed by atoms with Crippen molar-refractivity contribution in [3.05, 3.63) is 64.2 Å². The molecule has 0 radical (unpaired) electrons. The zero-order valence-corrected chi connectivity index (χ0v) is 13.0. The van der Waals surface area contributed by atoms with Gasteiger partial charge in [0.2, 0.25) is 0 Å². The molecule has 8 nitrogen and oxygen atoms in total. The Labute approximate surface area is 141 Å². The predicted molar refractivity (Wildman–Crippen MR) is 94.1 cm³/mol. The second-order valence-corrected chi connectivity index (χ2v) is 5.24. The molecule has 0 aromatic heterocycles. The van der Waals surface area contributed by atoms with E-state index in [2.05, 4.69) is 21.2 Å². The van der Waals surface area contributed by atoms with E-state index in [0.717, 1.165) is 0 Å². The van der Waals surface area contributed by atoms with Gasteiger partial charge in [0.05, 0.1) is 10.6 Å². The average Bonchev–Trinajstić information content (AvgIpc) is 2.88. The van der Waals surface area contributed by atoms with E-state index >= 15 is 0 Å². The van der Waals surface area contributed by atoms with Crippen molar-refractivity contribution in [3.63, 3.8) is 0 Å². The van der Waals surface area contributed by atoms with Gasteiger partial charge in [0.25, 0.3) is 11.6 Å². The van der Waals surface area contributed by atoms with Gasteiger partial charge in [0, 0.05) is 23.4 Å². The van der Waals surface area contributed by atoms with Crippen molar-refractivity contribution in [1.82, 2.24) is 5.43 Å². The summed E-state index contributed by atoms with van der Waals surface area (Å²) in [7, 11) is 0. The third kappa shape index (κ3) is 3.20. The van der Waals surface area contributed by atoms with E-state index < -0.39 is 4.92 Å². The molecule has 2 aromatic carbocycles. The second kappa shape index (κ2) is 6.42. The minimum Gasteiger partial charge on any atom is -0.331 e. The Morgan fingerprint density at radius 1 is 1.21 bits per heavy atom. The summed E-state index contributed by atoms with van der Waals surface area (Å²) in [5, 5.41) is 20.4. The standard InChI is InChI=1S/C15H11N5O3S/c21-14-13(11-6-1-2-7-12(11)17-14)18-19-15(24)16-9-4-3-5-10(8-9)20(22)23/h1-8H,(H2,16,19,24)(H,17,18,21). The van der Waals surface area contributed by atoms with Crippen LogP contribution in [0.3, 0.4) is 0 Å². The quantitative estimate of drug-likeness (QED) is 0.449. The van der Waals surface area contributed by atoms with Crippen LogP contribution < -0.4 is 16.1 Å². The lowest BCUT2D eigenvalue weighted by Crippen LogP contribution is -2.27. The van der Waals surface area contributed by atoms with Crippen LogP contribution in [0, 0.1) is 10.1 Å². The third-order valence-electron chi connectivity index (χ3n) is 3.23. The van der Waals surface area contributed by atoms with Gasteiger partial charge >= 0.3 is 0 Å². The molecule has 24 heavy (non-hydrogen) atoms. The van der Waals surface area contributed by atoms with E-state index in [1.807, 2.05) is 6.07 Å². The molecule has 1 aliphatic heterocycles. The van der Waals surface area contributed by atoms with Crippen LogP contribution in [0.15, 0.2) is 53.6 Å². The molecule has 0 atom stereocenters. The van der Waals surface area contributed by atoms with Crippen LogP contribution in [-0.2, 0) is 4.79 Å². The molecule has 0 saturated heterocycles. The molecule has 0 unspecified atom stereocenters. The van der Waals surface area contributed by atoms with Crippen molar-refractivity contribution < 1.29 is 9.72 Å². The Morgan fingerprint density at radius 3 is 2.79 bits per heavy atom. The van der Waals surface area contributed by atoms with Gasteiger partial charge < -0.3 is 10.6 Å². The maximum Gasteiger partial charge on any atom is 0.276 e. The molecule has 9 heteroatoms. The van der Waals surface area contributed by atoms with Gasteiger partial charge in [-0.1, -0.05) is 24.3 Å². The number of nitrogens with zero attached hydrogens (tertiary/aromatic N) is 2. The summed E-state index contributed by atoms with van der Waals surface area (Å²) in [5.41, 5.74) is 4.53. The number of non-ortho nitro benzene ring substituents is 1. The van der Waals surface area contributed by atoms with Crippen molar-refractivity contribution in [2.75, 3.05) is 10.6 Å². The summed E-state index contributed by atoms with van der Waals surface area (Å²) in [6, 6.07) is 13.0. The second-order valence-electron chi connectivity index (χ2n) is 4.83. The van der Waals surface area contributed by atoms with E-state index in [1.54, 1.807) is 24.3 Å². The van der Waals surface area contributed by atoms with Crippen molar-refractivity contribution in [2.24, 2.45) is 5.10 Å². The Hall–Kier alpha value is -3.33. The van der Waals surface area contributed by atoms with E-state index in [9.17, 15) is 14.9 Å². The number of thiocarbonyl (C=S) groups is 1. The Bertz CT molecular complexity index is 881. The topological polar surface area (TPSA) is 109 Å². The molecular weight excluding hydrogens is 330 g/mol. The first kappa shape index (κ1) is 15.6. The number of rotatable bonds is 3. The van der Waals surface area contributed by atoms with Gasteiger partial charge in [0.1, 0.15) is 0 Å². The van der Waals surface area contributed by atoms with Crippen molar-refractivity contribution in [2.45, 2.75) is 0 Å². The smallest absolute Gasteiger partial charge is 0.276 e. The first-order valence-electron chi connectivity index (χ1n) is 6.84. The summed E-state index contributed by atoms with van der Waals surface area (Å²) < 4.78 is 0. The maximum absolute atomic E-state index is 11.9. The van der Waals surface area contributed by atoms with Crippen LogP contribution in [0.25, 0.3) is 0 Å². The zero-order chi connectivity index (χ0) is 17.1. The van der Waals surface area contributed by atoms with Crippen LogP contribution in [0.5, 0.6) is 0 Å². The number of amides is 1. The number of nitro benzene ring substituents is 1. The largest absolute Gasteiger partial charge is 0.331 e. The zero-order valence-electron chi connectivity index (χ0n) is 12.1. The highest BCUT2D eigenvalue weighted by Gasteiger charge is 2.25. The normalized spacial score (nSPS) is 14.0. The molecule has 2 aromatic rings. The van der Waals surface area contributed by atoms with Crippen LogP contribution in [0.4, 0.5) is 17.1 Å². The Balaban J connectivity index is 1.71. The van der Waals surface area contributed by atoms with E-state index in [-0.39, 0.29) is 22.4 Å². The van der Waals surface area contributed by atoms with Crippen molar-refractivity contribution in [1.29, 1.82) is 0 Å². The molecule has 1 aliphatic rings. The minimum atomic E-state index is -0.498. The van der Waals surface area contributed by atoms with Crippen LogP contribution in [0.1, 0.15) is 5.56 Å². The molecule has 0 fully saturated rings. The lowest BCUT2D eigenvalue weighted by molar-refractivity contribution is -0.384. The molecule has 3 rings (SSSR count). The fourth-order valence-corrected chi connectivity index (χ4v) is 2.34. The molecule has 1 amide bonds. The van der Waals surface area contributed by atoms with E-state index in [1.165, 1.54) is 18.2 Å². The van der Waals surface area contributed by atoms with Gasteiger partial charge in [-0.15, -0.1) is 0 Å². The highest BCUT2D eigenvalue weighted by Crippen LogP contribution is 2.22. The minimum absolute atomic E-state index is 0.0572. The van der Waals surface area contributed by atoms with Gasteiger partial charge in [-0.05, 0) is 24.4 Å². The number of carbonyl (C=O) groups excluding carboxylic acids is 1. The number of hydrogen-bond donors (Lipinski definition) is 3. The molecule has 0 spiro atoms. The molecule has 120 valence electrons.